The molecule has 2 heterocycles. The van der Waals surface area contributed by atoms with Gasteiger partial charge in [-0.15, -0.1) is 11.3 Å². The van der Waals surface area contributed by atoms with Crippen molar-refractivity contribution in [1.82, 2.24) is 4.98 Å². The number of amides is 1. The van der Waals surface area contributed by atoms with Gasteiger partial charge >= 0.3 is 5.97 Å². The van der Waals surface area contributed by atoms with Gasteiger partial charge in [-0.2, -0.15) is 0 Å². The van der Waals surface area contributed by atoms with Crippen LogP contribution in [0.25, 0.3) is 10.2 Å². The van der Waals surface area contributed by atoms with Gasteiger partial charge in [-0.3, -0.25) is 4.79 Å². The van der Waals surface area contributed by atoms with Crippen LogP contribution in [0, 0.1) is 0 Å². The highest BCUT2D eigenvalue weighted by molar-refractivity contribution is 7.16. The first-order valence-corrected chi connectivity index (χ1v) is 8.95. The molecular weight excluding hydrogens is 336 g/mol. The Morgan fingerprint density at radius 2 is 2.08 bits per heavy atom. The van der Waals surface area contributed by atoms with Gasteiger partial charge in [-0.1, -0.05) is 18.2 Å². The van der Waals surface area contributed by atoms with Crippen molar-refractivity contribution in [3.8, 4) is 0 Å². The van der Waals surface area contributed by atoms with Gasteiger partial charge in [0, 0.05) is 12.2 Å². The van der Waals surface area contributed by atoms with E-state index in [1.54, 1.807) is 35.5 Å². The zero-order valence-electron chi connectivity index (χ0n) is 13.6. The lowest BCUT2D eigenvalue weighted by Gasteiger charge is -2.21. The Kier molecular flexibility index (Phi) is 3.97. The summed E-state index contributed by atoms with van der Waals surface area (Å²) in [4.78, 5) is 30.9. The van der Waals surface area contributed by atoms with Crippen LogP contribution in [0.2, 0.25) is 0 Å². The second-order valence-electron chi connectivity index (χ2n) is 5.95. The standard InChI is InChI=1S/C19H16N2O3S/c1-12(18(22)21-9-8-13-4-2-3-5-16(13)21)24-19(23)14-6-7-15-17(10-14)25-11-20-15/h2-7,10-12H,8-9H2,1H3/t12-/m1/s1. The fourth-order valence-electron chi connectivity index (χ4n) is 3.05. The number of para-hydroxylation sites is 1. The summed E-state index contributed by atoms with van der Waals surface area (Å²) in [7, 11) is 0. The summed E-state index contributed by atoms with van der Waals surface area (Å²) < 4.78 is 6.32. The Hall–Kier alpha value is -2.73. The highest BCUT2D eigenvalue weighted by atomic mass is 32.1. The van der Waals surface area contributed by atoms with Gasteiger partial charge in [0.2, 0.25) is 0 Å². The molecule has 1 aromatic heterocycles. The van der Waals surface area contributed by atoms with E-state index in [9.17, 15) is 9.59 Å². The molecule has 0 unspecified atom stereocenters. The van der Waals surface area contributed by atoms with E-state index >= 15 is 0 Å². The Labute approximate surface area is 148 Å². The van der Waals surface area contributed by atoms with Gasteiger partial charge < -0.3 is 9.64 Å². The minimum atomic E-state index is -0.837. The summed E-state index contributed by atoms with van der Waals surface area (Å²) in [5.41, 5.74) is 5.06. The number of rotatable bonds is 3. The predicted octanol–water partition coefficient (Wildman–Crippen LogP) is 3.43. The molecular formula is C19H16N2O3S. The number of ether oxygens (including phenoxy) is 1. The quantitative estimate of drug-likeness (QED) is 0.678. The number of nitrogens with zero attached hydrogens (tertiary/aromatic N) is 2. The zero-order valence-corrected chi connectivity index (χ0v) is 14.5. The fourth-order valence-corrected chi connectivity index (χ4v) is 3.76. The Morgan fingerprint density at radius 1 is 1.24 bits per heavy atom. The maximum atomic E-state index is 12.7. The van der Waals surface area contributed by atoms with E-state index in [-0.39, 0.29) is 5.91 Å². The number of carbonyl (C=O) groups excluding carboxylic acids is 2. The van der Waals surface area contributed by atoms with Crippen LogP contribution in [-0.4, -0.2) is 29.5 Å². The first kappa shape index (κ1) is 15.8. The Morgan fingerprint density at radius 3 is 2.96 bits per heavy atom. The molecule has 1 atom stereocenters. The molecule has 0 saturated carbocycles. The van der Waals surface area contributed by atoms with E-state index in [4.69, 9.17) is 4.74 Å². The molecule has 126 valence electrons. The number of hydrogen-bond acceptors (Lipinski definition) is 5. The monoisotopic (exact) mass is 352 g/mol. The molecule has 0 N–H and O–H groups in total. The summed E-state index contributed by atoms with van der Waals surface area (Å²) in [6.07, 6.45) is -0.0132. The van der Waals surface area contributed by atoms with E-state index in [0.717, 1.165) is 27.9 Å². The molecule has 1 aliphatic heterocycles. The Balaban J connectivity index is 1.48. The van der Waals surface area contributed by atoms with E-state index in [0.29, 0.717) is 12.1 Å². The molecule has 0 bridgehead atoms. The molecule has 0 radical (unpaired) electrons. The number of carbonyl (C=O) groups is 2. The Bertz CT molecular complexity index is 966. The summed E-state index contributed by atoms with van der Waals surface area (Å²) in [6, 6.07) is 13.0. The lowest BCUT2D eigenvalue weighted by molar-refractivity contribution is -0.126. The minimum absolute atomic E-state index is 0.197. The van der Waals surface area contributed by atoms with Crippen LogP contribution < -0.4 is 4.90 Å². The predicted molar refractivity (Wildman–Crippen MR) is 97.0 cm³/mol. The van der Waals surface area contributed by atoms with Crippen molar-refractivity contribution in [1.29, 1.82) is 0 Å². The summed E-state index contributed by atoms with van der Waals surface area (Å²) in [5.74, 6) is -0.694. The first-order valence-electron chi connectivity index (χ1n) is 8.07. The van der Waals surface area contributed by atoms with Crippen LogP contribution in [0.3, 0.4) is 0 Å². The molecule has 1 amide bonds. The van der Waals surface area contributed by atoms with Crippen LogP contribution >= 0.6 is 11.3 Å². The molecule has 0 fully saturated rings. The number of thiazole rings is 1. The van der Waals surface area contributed by atoms with Crippen molar-refractivity contribution in [2.24, 2.45) is 0 Å². The molecule has 0 spiro atoms. The molecule has 0 aliphatic carbocycles. The van der Waals surface area contributed by atoms with Gasteiger partial charge in [0.05, 0.1) is 21.3 Å². The summed E-state index contributed by atoms with van der Waals surface area (Å²) in [6.45, 7) is 2.24. The second kappa shape index (κ2) is 6.29. The zero-order chi connectivity index (χ0) is 17.4. The highest BCUT2D eigenvalue weighted by Gasteiger charge is 2.30. The molecule has 25 heavy (non-hydrogen) atoms. The van der Waals surface area contributed by atoms with Crippen molar-refractivity contribution >= 4 is 39.1 Å². The number of fused-ring (bicyclic) bond motifs is 2. The second-order valence-corrected chi connectivity index (χ2v) is 6.84. The maximum absolute atomic E-state index is 12.7. The van der Waals surface area contributed by atoms with Gasteiger partial charge in [0.15, 0.2) is 6.10 Å². The van der Waals surface area contributed by atoms with E-state index in [2.05, 4.69) is 4.98 Å². The molecule has 1 aliphatic rings. The third kappa shape index (κ3) is 2.89. The molecule has 5 nitrogen and oxygen atoms in total. The van der Waals surface area contributed by atoms with E-state index < -0.39 is 12.1 Å². The molecule has 2 aromatic carbocycles. The fraction of sp³-hybridized carbons (Fsp3) is 0.211. The lowest BCUT2D eigenvalue weighted by atomic mass is 10.2. The van der Waals surface area contributed by atoms with Crippen molar-refractivity contribution in [2.45, 2.75) is 19.4 Å². The summed E-state index contributed by atoms with van der Waals surface area (Å²) >= 11 is 1.46. The lowest BCUT2D eigenvalue weighted by Crippen LogP contribution is -2.39. The van der Waals surface area contributed by atoms with E-state index in [1.807, 2.05) is 24.3 Å². The van der Waals surface area contributed by atoms with E-state index in [1.165, 1.54) is 11.3 Å². The number of esters is 1. The van der Waals surface area contributed by atoms with Gasteiger partial charge in [0.1, 0.15) is 0 Å². The smallest absolute Gasteiger partial charge is 0.338 e. The van der Waals surface area contributed by atoms with Crippen LogP contribution in [0.1, 0.15) is 22.8 Å². The van der Waals surface area contributed by atoms with Crippen LogP contribution in [0.15, 0.2) is 48.0 Å². The SMILES string of the molecule is C[C@@H](OC(=O)c1ccc2ncsc2c1)C(=O)N1CCc2ccccc21. The number of anilines is 1. The van der Waals surface area contributed by atoms with Gasteiger partial charge in [-0.05, 0) is 43.2 Å². The number of aromatic nitrogens is 1. The average Bonchev–Trinajstić information content (AvgIpc) is 3.26. The van der Waals surface area contributed by atoms with Crippen LogP contribution in [0.4, 0.5) is 5.69 Å². The topological polar surface area (TPSA) is 59.5 Å². The van der Waals surface area contributed by atoms with Gasteiger partial charge in [0.25, 0.3) is 5.91 Å². The third-order valence-corrected chi connectivity index (χ3v) is 5.14. The largest absolute Gasteiger partial charge is 0.449 e. The summed E-state index contributed by atoms with van der Waals surface area (Å²) in [5, 5.41) is 0. The molecule has 3 aromatic rings. The maximum Gasteiger partial charge on any atom is 0.338 e. The van der Waals surface area contributed by atoms with Crippen molar-refractivity contribution in [3.05, 3.63) is 59.1 Å². The van der Waals surface area contributed by atoms with Crippen LogP contribution in [-0.2, 0) is 16.0 Å². The third-order valence-electron chi connectivity index (χ3n) is 4.35. The molecule has 6 heteroatoms. The average molecular weight is 352 g/mol. The van der Waals surface area contributed by atoms with Crippen molar-refractivity contribution in [3.63, 3.8) is 0 Å². The van der Waals surface area contributed by atoms with Crippen molar-refractivity contribution in [2.75, 3.05) is 11.4 Å². The normalized spacial score (nSPS) is 14.4. The number of benzene rings is 2. The molecule has 4 rings (SSSR count). The minimum Gasteiger partial charge on any atom is -0.449 e. The van der Waals surface area contributed by atoms with Gasteiger partial charge in [-0.25, -0.2) is 9.78 Å². The molecule has 0 saturated heterocycles. The highest BCUT2D eigenvalue weighted by Crippen LogP contribution is 2.28. The van der Waals surface area contributed by atoms with Crippen molar-refractivity contribution < 1.29 is 14.3 Å². The number of hydrogen-bond donors (Lipinski definition) is 0. The van der Waals surface area contributed by atoms with Crippen LogP contribution in [0.5, 0.6) is 0 Å². The first-order chi connectivity index (χ1) is 12.1.